The first kappa shape index (κ1) is 14.4. The zero-order valence-electron chi connectivity index (χ0n) is 12.7. The van der Waals surface area contributed by atoms with E-state index in [0.717, 1.165) is 51.3 Å². The number of rotatable bonds is 4. The number of piperidine rings is 1. The van der Waals surface area contributed by atoms with Crippen LogP contribution in [0.15, 0.2) is 18.2 Å². The minimum atomic E-state index is 0.0838. The van der Waals surface area contributed by atoms with Crippen LogP contribution < -0.4 is 10.1 Å². The molecule has 114 valence electrons. The van der Waals surface area contributed by atoms with Crippen LogP contribution in [0.1, 0.15) is 30.9 Å². The Balaban J connectivity index is 1.51. The molecule has 2 heterocycles. The molecular formula is C17H24N2O2. The monoisotopic (exact) mass is 288 g/mol. The van der Waals surface area contributed by atoms with Crippen molar-refractivity contribution in [2.24, 2.45) is 0 Å². The second kappa shape index (κ2) is 6.48. The first-order valence-electron chi connectivity index (χ1n) is 7.95. The fraction of sp³-hybridized carbons (Fsp3) is 0.588. The Morgan fingerprint density at radius 2 is 2.38 bits per heavy atom. The van der Waals surface area contributed by atoms with E-state index in [9.17, 15) is 4.79 Å². The summed E-state index contributed by atoms with van der Waals surface area (Å²) < 4.78 is 5.55. The van der Waals surface area contributed by atoms with Crippen LogP contribution in [0.25, 0.3) is 0 Å². The summed E-state index contributed by atoms with van der Waals surface area (Å²) in [7, 11) is 0. The van der Waals surface area contributed by atoms with Crippen molar-refractivity contribution in [1.29, 1.82) is 0 Å². The lowest BCUT2D eigenvalue weighted by Crippen LogP contribution is -2.47. The molecule has 0 aromatic heterocycles. The van der Waals surface area contributed by atoms with Crippen molar-refractivity contribution in [3.63, 3.8) is 0 Å². The van der Waals surface area contributed by atoms with Crippen LogP contribution in [-0.2, 0) is 17.6 Å². The lowest BCUT2D eigenvalue weighted by atomic mass is 10.0. The molecule has 1 aromatic rings. The van der Waals surface area contributed by atoms with Crippen molar-refractivity contribution in [2.75, 3.05) is 26.2 Å². The number of ether oxygens (including phenoxy) is 1. The summed E-state index contributed by atoms with van der Waals surface area (Å²) in [5.74, 6) is 1.14. The Labute approximate surface area is 126 Å². The Hall–Kier alpha value is -1.55. The summed E-state index contributed by atoms with van der Waals surface area (Å²) in [6, 6.07) is 6.90. The molecule has 3 rings (SSSR count). The molecule has 1 aromatic carbocycles. The van der Waals surface area contributed by atoms with Crippen LogP contribution >= 0.6 is 0 Å². The third-order valence-electron chi connectivity index (χ3n) is 4.38. The maximum absolute atomic E-state index is 11.2. The Kier molecular flexibility index (Phi) is 4.44. The molecule has 4 nitrogen and oxygen atoms in total. The van der Waals surface area contributed by atoms with Gasteiger partial charge in [-0.1, -0.05) is 12.1 Å². The van der Waals surface area contributed by atoms with Crippen LogP contribution in [-0.4, -0.2) is 43.1 Å². The number of carbonyl (C=O) groups excluding carboxylic acids is 1. The van der Waals surface area contributed by atoms with Gasteiger partial charge in [-0.25, -0.2) is 0 Å². The quantitative estimate of drug-likeness (QED) is 0.918. The molecule has 1 fully saturated rings. The van der Waals surface area contributed by atoms with Crippen LogP contribution in [0.2, 0.25) is 0 Å². The van der Waals surface area contributed by atoms with Gasteiger partial charge in [0.25, 0.3) is 0 Å². The lowest BCUT2D eigenvalue weighted by molar-refractivity contribution is -0.120. The number of fused-ring (bicyclic) bond motifs is 1. The lowest BCUT2D eigenvalue weighted by Gasteiger charge is -2.33. The van der Waals surface area contributed by atoms with E-state index in [0.29, 0.717) is 6.04 Å². The molecule has 2 aliphatic rings. The number of nitrogens with one attached hydrogen (secondary N) is 1. The number of amides is 1. The van der Waals surface area contributed by atoms with Gasteiger partial charge in [-0.05, 0) is 43.0 Å². The number of benzene rings is 1. The minimum absolute atomic E-state index is 0.0838. The third-order valence-corrected chi connectivity index (χ3v) is 4.38. The summed E-state index contributed by atoms with van der Waals surface area (Å²) in [4.78, 5) is 13.6. The standard InChI is InChI=1S/C17H24N2O2/c1-13(20)18-16-3-2-8-19(12-16)9-6-14-4-5-17-15(11-14)7-10-21-17/h4-5,11,16H,2-3,6-10,12H2,1H3,(H,18,20). The maximum Gasteiger partial charge on any atom is 0.217 e. The zero-order chi connectivity index (χ0) is 14.7. The Morgan fingerprint density at radius 1 is 1.48 bits per heavy atom. The highest BCUT2D eigenvalue weighted by atomic mass is 16.5. The van der Waals surface area contributed by atoms with E-state index in [1.807, 2.05) is 0 Å². The number of hydrogen-bond acceptors (Lipinski definition) is 3. The summed E-state index contributed by atoms with van der Waals surface area (Å²) in [5, 5.41) is 3.05. The molecule has 1 amide bonds. The predicted molar refractivity (Wildman–Crippen MR) is 82.6 cm³/mol. The minimum Gasteiger partial charge on any atom is -0.493 e. The molecular weight excluding hydrogens is 264 g/mol. The maximum atomic E-state index is 11.2. The van der Waals surface area contributed by atoms with Crippen molar-refractivity contribution < 1.29 is 9.53 Å². The highest BCUT2D eigenvalue weighted by Gasteiger charge is 2.20. The first-order chi connectivity index (χ1) is 10.2. The largest absolute Gasteiger partial charge is 0.493 e. The molecule has 0 radical (unpaired) electrons. The Bertz CT molecular complexity index is 516. The number of nitrogens with zero attached hydrogens (tertiary/aromatic N) is 1. The molecule has 4 heteroatoms. The van der Waals surface area contributed by atoms with Gasteiger partial charge in [0.05, 0.1) is 6.61 Å². The normalized spacial score (nSPS) is 21.7. The molecule has 0 bridgehead atoms. The van der Waals surface area contributed by atoms with E-state index in [4.69, 9.17) is 4.74 Å². The third kappa shape index (κ3) is 3.76. The van der Waals surface area contributed by atoms with Gasteiger partial charge in [0, 0.05) is 32.5 Å². The topological polar surface area (TPSA) is 41.6 Å². The molecule has 1 N–H and O–H groups in total. The van der Waals surface area contributed by atoms with Crippen LogP contribution in [0, 0.1) is 0 Å². The first-order valence-corrected chi connectivity index (χ1v) is 7.95. The second-order valence-corrected chi connectivity index (χ2v) is 6.13. The van der Waals surface area contributed by atoms with Gasteiger partial charge in [0.15, 0.2) is 0 Å². The zero-order valence-corrected chi connectivity index (χ0v) is 12.7. The molecule has 21 heavy (non-hydrogen) atoms. The highest BCUT2D eigenvalue weighted by Crippen LogP contribution is 2.26. The number of likely N-dealkylation sites (tertiary alicyclic amines) is 1. The van der Waals surface area contributed by atoms with E-state index >= 15 is 0 Å². The van der Waals surface area contributed by atoms with Crippen LogP contribution in [0.3, 0.4) is 0 Å². The van der Waals surface area contributed by atoms with Crippen molar-refractivity contribution >= 4 is 5.91 Å². The van der Waals surface area contributed by atoms with Crippen molar-refractivity contribution in [2.45, 2.75) is 38.6 Å². The van der Waals surface area contributed by atoms with Gasteiger partial charge in [0.2, 0.25) is 5.91 Å². The molecule has 0 aliphatic carbocycles. The van der Waals surface area contributed by atoms with Crippen molar-refractivity contribution in [3.05, 3.63) is 29.3 Å². The summed E-state index contributed by atoms with van der Waals surface area (Å²) in [6.07, 6.45) is 4.38. The molecule has 1 atom stereocenters. The average Bonchev–Trinajstić information content (AvgIpc) is 2.92. The van der Waals surface area contributed by atoms with Crippen molar-refractivity contribution in [1.82, 2.24) is 10.2 Å². The van der Waals surface area contributed by atoms with E-state index < -0.39 is 0 Å². The van der Waals surface area contributed by atoms with Gasteiger partial charge >= 0.3 is 0 Å². The average molecular weight is 288 g/mol. The smallest absolute Gasteiger partial charge is 0.217 e. The molecule has 0 saturated carbocycles. The van der Waals surface area contributed by atoms with Gasteiger partial charge in [-0.3, -0.25) is 4.79 Å². The van der Waals surface area contributed by atoms with Gasteiger partial charge in [0.1, 0.15) is 5.75 Å². The fourth-order valence-electron chi connectivity index (χ4n) is 3.35. The van der Waals surface area contributed by atoms with Crippen molar-refractivity contribution in [3.8, 4) is 5.75 Å². The fourth-order valence-corrected chi connectivity index (χ4v) is 3.35. The predicted octanol–water partition coefficient (Wildman–Crippen LogP) is 1.76. The SMILES string of the molecule is CC(=O)NC1CCCN(CCc2ccc3c(c2)CCO3)C1. The van der Waals surface area contributed by atoms with Crippen LogP contribution in [0.4, 0.5) is 0 Å². The van der Waals surface area contributed by atoms with E-state index in [2.05, 4.69) is 28.4 Å². The van der Waals surface area contributed by atoms with Gasteiger partial charge < -0.3 is 15.0 Å². The summed E-state index contributed by atoms with van der Waals surface area (Å²) in [5.41, 5.74) is 2.74. The van der Waals surface area contributed by atoms with E-state index in [1.165, 1.54) is 17.5 Å². The summed E-state index contributed by atoms with van der Waals surface area (Å²) in [6.45, 7) is 5.61. The Morgan fingerprint density at radius 3 is 3.24 bits per heavy atom. The van der Waals surface area contributed by atoms with E-state index in [1.54, 1.807) is 6.92 Å². The molecule has 0 spiro atoms. The number of carbonyl (C=O) groups is 1. The highest BCUT2D eigenvalue weighted by molar-refractivity contribution is 5.73. The van der Waals surface area contributed by atoms with Gasteiger partial charge in [-0.2, -0.15) is 0 Å². The van der Waals surface area contributed by atoms with Crippen LogP contribution in [0.5, 0.6) is 5.75 Å². The van der Waals surface area contributed by atoms with E-state index in [-0.39, 0.29) is 5.91 Å². The molecule has 2 aliphatic heterocycles. The van der Waals surface area contributed by atoms with Gasteiger partial charge in [-0.15, -0.1) is 0 Å². The number of hydrogen-bond donors (Lipinski definition) is 1. The molecule has 1 saturated heterocycles. The summed E-state index contributed by atoms with van der Waals surface area (Å²) >= 11 is 0. The molecule has 1 unspecified atom stereocenters. The second-order valence-electron chi connectivity index (χ2n) is 6.13.